The van der Waals surface area contributed by atoms with E-state index in [0.717, 1.165) is 64.4 Å². The molecule has 7 nitrogen and oxygen atoms in total. The third kappa shape index (κ3) is 8.01. The van der Waals surface area contributed by atoms with E-state index in [1.165, 1.54) is 17.0 Å². The predicted molar refractivity (Wildman–Crippen MR) is 178 cm³/mol. The fourth-order valence-corrected chi connectivity index (χ4v) is 7.28. The second kappa shape index (κ2) is 14.7. The molecule has 1 N–H and O–H groups in total. The number of hydrogen-bond acceptors (Lipinski definition) is 4. The van der Waals surface area contributed by atoms with Gasteiger partial charge in [0.25, 0.3) is 10.0 Å². The maximum absolute atomic E-state index is 14.6. The van der Waals surface area contributed by atoms with Gasteiger partial charge in [0.05, 0.1) is 10.6 Å². The molecular formula is C37H40FN3O4S. The van der Waals surface area contributed by atoms with E-state index in [4.69, 9.17) is 0 Å². The van der Waals surface area contributed by atoms with E-state index >= 15 is 0 Å². The van der Waals surface area contributed by atoms with E-state index in [9.17, 15) is 22.4 Å². The molecule has 4 aromatic rings. The lowest BCUT2D eigenvalue weighted by molar-refractivity contribution is -0.140. The molecule has 0 heterocycles. The molecule has 0 saturated heterocycles. The molecule has 1 atom stereocenters. The molecule has 1 fully saturated rings. The minimum Gasteiger partial charge on any atom is -0.352 e. The Balaban J connectivity index is 1.57. The molecule has 240 valence electrons. The number of nitrogens with zero attached hydrogens (tertiary/aromatic N) is 2. The highest BCUT2D eigenvalue weighted by atomic mass is 32.2. The summed E-state index contributed by atoms with van der Waals surface area (Å²) < 4.78 is 43.0. The minimum absolute atomic E-state index is 0.0316. The second-order valence-electron chi connectivity index (χ2n) is 11.9. The summed E-state index contributed by atoms with van der Waals surface area (Å²) in [5.41, 5.74) is 3.89. The molecular weight excluding hydrogens is 601 g/mol. The van der Waals surface area contributed by atoms with Crippen molar-refractivity contribution in [1.82, 2.24) is 10.2 Å². The Kier molecular flexibility index (Phi) is 10.5. The zero-order valence-corrected chi connectivity index (χ0v) is 27.0. The standard InChI is InChI=1S/C37H40FN3O4S/c1-27-16-20-33(21-17-27)41(46(44,45)34-22-18-31(38)19-23-34)26-36(42)40(25-30-13-7-6-10-28(30)2)35(24-29-11-4-3-5-12-29)37(43)39-32-14-8-9-15-32/h3-7,10-13,16-23,32,35H,8-9,14-15,24-26H2,1-2H3,(H,39,43). The van der Waals surface area contributed by atoms with E-state index in [1.807, 2.05) is 68.4 Å². The number of rotatable bonds is 12. The van der Waals surface area contributed by atoms with Crippen LogP contribution in [0, 0.1) is 19.7 Å². The summed E-state index contributed by atoms with van der Waals surface area (Å²) in [6.07, 6.45) is 4.09. The second-order valence-corrected chi connectivity index (χ2v) is 13.8. The Morgan fingerprint density at radius 3 is 2.13 bits per heavy atom. The van der Waals surface area contributed by atoms with Crippen LogP contribution in [-0.2, 0) is 32.6 Å². The highest BCUT2D eigenvalue weighted by Crippen LogP contribution is 2.26. The van der Waals surface area contributed by atoms with Gasteiger partial charge >= 0.3 is 0 Å². The first-order valence-electron chi connectivity index (χ1n) is 15.6. The first-order chi connectivity index (χ1) is 22.1. The number of carbonyl (C=O) groups is 2. The van der Waals surface area contributed by atoms with E-state index in [-0.39, 0.29) is 35.5 Å². The van der Waals surface area contributed by atoms with Crippen LogP contribution in [0.25, 0.3) is 0 Å². The fourth-order valence-electron chi connectivity index (χ4n) is 5.87. The molecule has 0 aromatic heterocycles. The Labute approximate surface area is 271 Å². The number of anilines is 1. The van der Waals surface area contributed by atoms with Crippen LogP contribution in [0.2, 0.25) is 0 Å². The topological polar surface area (TPSA) is 86.8 Å². The first-order valence-corrected chi connectivity index (χ1v) is 17.1. The molecule has 1 saturated carbocycles. The molecule has 9 heteroatoms. The van der Waals surface area contributed by atoms with E-state index < -0.39 is 34.3 Å². The molecule has 0 aliphatic heterocycles. The van der Waals surface area contributed by atoms with Crippen LogP contribution in [0.4, 0.5) is 10.1 Å². The lowest BCUT2D eigenvalue weighted by Gasteiger charge is -2.34. The van der Waals surface area contributed by atoms with Gasteiger partial charge in [0.1, 0.15) is 18.4 Å². The van der Waals surface area contributed by atoms with Crippen LogP contribution in [0.5, 0.6) is 0 Å². The normalized spacial score (nSPS) is 14.1. The summed E-state index contributed by atoms with van der Waals surface area (Å²) in [6.45, 7) is 3.38. The highest BCUT2D eigenvalue weighted by molar-refractivity contribution is 7.92. The van der Waals surface area contributed by atoms with E-state index in [2.05, 4.69) is 5.32 Å². The smallest absolute Gasteiger partial charge is 0.264 e. The van der Waals surface area contributed by atoms with Crippen LogP contribution in [-0.4, -0.2) is 43.8 Å². The van der Waals surface area contributed by atoms with Gasteiger partial charge in [-0.3, -0.25) is 13.9 Å². The summed E-state index contributed by atoms with van der Waals surface area (Å²) in [5, 5.41) is 3.19. The number of sulfonamides is 1. The number of benzene rings is 4. The van der Waals surface area contributed by atoms with Crippen LogP contribution in [0.3, 0.4) is 0 Å². The number of halogens is 1. The molecule has 0 spiro atoms. The van der Waals surface area contributed by atoms with Crippen molar-refractivity contribution in [1.29, 1.82) is 0 Å². The summed E-state index contributed by atoms with van der Waals surface area (Å²) in [7, 11) is -4.30. The van der Waals surface area contributed by atoms with Crippen molar-refractivity contribution in [2.45, 2.75) is 69.5 Å². The molecule has 0 radical (unpaired) electrons. The van der Waals surface area contributed by atoms with Crippen molar-refractivity contribution in [2.75, 3.05) is 10.8 Å². The average Bonchev–Trinajstić information content (AvgIpc) is 3.56. The van der Waals surface area contributed by atoms with Gasteiger partial charge in [0.15, 0.2) is 0 Å². The molecule has 4 aromatic carbocycles. The largest absolute Gasteiger partial charge is 0.352 e. The summed E-state index contributed by atoms with van der Waals surface area (Å²) >= 11 is 0. The number of aryl methyl sites for hydroxylation is 2. The van der Waals surface area contributed by atoms with Crippen molar-refractivity contribution < 1.29 is 22.4 Å². The zero-order chi connectivity index (χ0) is 32.7. The Morgan fingerprint density at radius 1 is 0.848 bits per heavy atom. The van der Waals surface area contributed by atoms with Crippen LogP contribution in [0.15, 0.2) is 108 Å². The number of carbonyl (C=O) groups excluding carboxylic acids is 2. The Hall–Kier alpha value is -4.50. The molecule has 0 bridgehead atoms. The summed E-state index contributed by atoms with van der Waals surface area (Å²) in [4.78, 5) is 30.1. The molecule has 2 amide bonds. The van der Waals surface area contributed by atoms with Crippen molar-refractivity contribution >= 4 is 27.5 Å². The Morgan fingerprint density at radius 2 is 1.48 bits per heavy atom. The molecule has 1 aliphatic carbocycles. The van der Waals surface area contributed by atoms with Crippen molar-refractivity contribution in [3.63, 3.8) is 0 Å². The van der Waals surface area contributed by atoms with Gasteiger partial charge in [-0.1, -0.05) is 85.1 Å². The quantitative estimate of drug-likeness (QED) is 0.196. The number of hydrogen-bond donors (Lipinski definition) is 1. The Bertz CT molecular complexity index is 1740. The van der Waals surface area contributed by atoms with Gasteiger partial charge in [0, 0.05) is 19.0 Å². The van der Waals surface area contributed by atoms with Gasteiger partial charge in [0.2, 0.25) is 11.8 Å². The van der Waals surface area contributed by atoms with Gasteiger partial charge in [-0.05, 0) is 79.8 Å². The minimum atomic E-state index is -4.30. The summed E-state index contributed by atoms with van der Waals surface area (Å²) in [5.74, 6) is -1.36. The summed E-state index contributed by atoms with van der Waals surface area (Å²) in [6, 6.07) is 27.7. The fraction of sp³-hybridized carbons (Fsp3) is 0.297. The van der Waals surface area contributed by atoms with Crippen molar-refractivity contribution in [2.24, 2.45) is 0 Å². The van der Waals surface area contributed by atoms with Gasteiger partial charge in [-0.25, -0.2) is 12.8 Å². The van der Waals surface area contributed by atoms with Crippen LogP contribution < -0.4 is 9.62 Å². The maximum Gasteiger partial charge on any atom is 0.264 e. The van der Waals surface area contributed by atoms with Gasteiger partial charge < -0.3 is 10.2 Å². The van der Waals surface area contributed by atoms with E-state index in [1.54, 1.807) is 24.3 Å². The third-order valence-electron chi connectivity index (χ3n) is 8.58. The first kappa shape index (κ1) is 32.9. The highest BCUT2D eigenvalue weighted by Gasteiger charge is 2.35. The third-order valence-corrected chi connectivity index (χ3v) is 10.4. The van der Waals surface area contributed by atoms with Crippen molar-refractivity contribution in [3.05, 3.63) is 131 Å². The SMILES string of the molecule is Cc1ccc(N(CC(=O)N(Cc2ccccc2C)C(Cc2ccccc2)C(=O)NC2CCCC2)S(=O)(=O)c2ccc(F)cc2)cc1. The van der Waals surface area contributed by atoms with Crippen molar-refractivity contribution in [3.8, 4) is 0 Å². The predicted octanol–water partition coefficient (Wildman–Crippen LogP) is 6.34. The van der Waals surface area contributed by atoms with E-state index in [0.29, 0.717) is 0 Å². The molecule has 46 heavy (non-hydrogen) atoms. The average molecular weight is 642 g/mol. The molecule has 1 unspecified atom stereocenters. The maximum atomic E-state index is 14.6. The van der Waals surface area contributed by atoms with Crippen LogP contribution >= 0.6 is 0 Å². The molecule has 5 rings (SSSR count). The lowest BCUT2D eigenvalue weighted by Crippen LogP contribution is -2.54. The lowest BCUT2D eigenvalue weighted by atomic mass is 10.0. The van der Waals surface area contributed by atoms with Crippen LogP contribution in [0.1, 0.15) is 47.9 Å². The monoisotopic (exact) mass is 641 g/mol. The number of amides is 2. The molecule has 1 aliphatic rings. The van der Waals surface area contributed by atoms with Gasteiger partial charge in [-0.15, -0.1) is 0 Å². The number of nitrogens with one attached hydrogen (secondary N) is 1. The van der Waals surface area contributed by atoms with Gasteiger partial charge in [-0.2, -0.15) is 0 Å². The zero-order valence-electron chi connectivity index (χ0n) is 26.2.